The van der Waals surface area contributed by atoms with Crippen molar-refractivity contribution in [2.45, 2.75) is 36.8 Å². The number of nitrogens with zero attached hydrogens (tertiary/aromatic N) is 5. The highest BCUT2D eigenvalue weighted by Crippen LogP contribution is 2.51. The Labute approximate surface area is 219 Å². The molecule has 206 valence electrons. The van der Waals surface area contributed by atoms with Gasteiger partial charge in [0.25, 0.3) is 5.91 Å². The molecule has 39 heavy (non-hydrogen) atoms. The molecular weight excluding hydrogens is 528 g/mol. The van der Waals surface area contributed by atoms with Crippen molar-refractivity contribution in [2.24, 2.45) is 7.05 Å². The molecule has 0 radical (unpaired) electrons. The Balaban J connectivity index is 1.35. The van der Waals surface area contributed by atoms with Crippen molar-refractivity contribution in [1.82, 2.24) is 19.7 Å². The first-order valence-electron chi connectivity index (χ1n) is 12.2. The minimum atomic E-state index is -4.72. The average Bonchev–Trinajstić information content (AvgIpc) is 3.40. The van der Waals surface area contributed by atoms with Crippen molar-refractivity contribution in [3.63, 3.8) is 0 Å². The van der Waals surface area contributed by atoms with Gasteiger partial charge in [-0.2, -0.15) is 22.0 Å². The Hall–Kier alpha value is -3.45. The fourth-order valence-electron chi connectivity index (χ4n) is 5.50. The van der Waals surface area contributed by atoms with Gasteiger partial charge in [0.15, 0.2) is 0 Å². The van der Waals surface area contributed by atoms with Gasteiger partial charge in [-0.3, -0.25) is 9.69 Å². The number of halogens is 6. The number of fused-ring (bicyclic) bond motifs is 1. The molecule has 2 aromatic carbocycles. The van der Waals surface area contributed by atoms with Crippen molar-refractivity contribution >= 4 is 11.6 Å². The number of aromatic nitrogens is 3. The summed E-state index contributed by atoms with van der Waals surface area (Å²) < 4.78 is 93.2. The number of aryl methyl sites for hydroxylation is 1. The molecule has 13 heteroatoms. The lowest BCUT2D eigenvalue weighted by Gasteiger charge is -2.46. The molecule has 6 rings (SSSR count). The summed E-state index contributed by atoms with van der Waals surface area (Å²) in [4.78, 5) is 16.2. The molecule has 7 nitrogen and oxygen atoms in total. The van der Waals surface area contributed by atoms with Crippen molar-refractivity contribution < 1.29 is 35.9 Å². The lowest BCUT2D eigenvalue weighted by Crippen LogP contribution is -2.58. The quantitative estimate of drug-likeness (QED) is 0.430. The number of ether oxygens (including phenoxy) is 1. The first-order chi connectivity index (χ1) is 18.4. The number of amides is 1. The fraction of sp³-hybridized carbons (Fsp3) is 0.423. The molecule has 0 N–H and O–H groups in total. The molecule has 3 aliphatic rings. The minimum Gasteiger partial charge on any atom is -0.379 e. The van der Waals surface area contributed by atoms with Crippen LogP contribution in [0.4, 0.5) is 32.0 Å². The molecular formula is C26H23F6N5O2. The van der Waals surface area contributed by atoms with Gasteiger partial charge in [-0.05, 0) is 41.0 Å². The lowest BCUT2D eigenvalue weighted by molar-refractivity contribution is -0.206. The number of carbonyl (C=O) groups excluding carboxylic acids is 1. The summed E-state index contributed by atoms with van der Waals surface area (Å²) in [7, 11) is 1.40. The number of benzene rings is 2. The third-order valence-corrected chi connectivity index (χ3v) is 7.73. The van der Waals surface area contributed by atoms with Crippen LogP contribution in [-0.2, 0) is 42.4 Å². The number of carbonyl (C=O) groups is 1. The predicted octanol–water partition coefficient (Wildman–Crippen LogP) is 4.21. The van der Waals surface area contributed by atoms with E-state index in [9.17, 15) is 22.4 Å². The summed E-state index contributed by atoms with van der Waals surface area (Å²) in [5, 5.41) is 7.15. The SMILES string of the molecule is Cn1cnnc1C(F)(F)C1(c2cccc(N3Cc4c(cc(CN5CC(F)C5)cc4C(F)(F)F)C3=O)c2)COC1. The fourth-order valence-corrected chi connectivity index (χ4v) is 5.50. The van der Waals surface area contributed by atoms with E-state index in [2.05, 4.69) is 10.2 Å². The van der Waals surface area contributed by atoms with E-state index in [-0.39, 0.29) is 67.3 Å². The largest absolute Gasteiger partial charge is 0.416 e. The molecule has 1 aromatic heterocycles. The van der Waals surface area contributed by atoms with Gasteiger partial charge in [-0.1, -0.05) is 12.1 Å². The number of hydrogen-bond donors (Lipinski definition) is 0. The monoisotopic (exact) mass is 551 g/mol. The van der Waals surface area contributed by atoms with E-state index in [1.54, 1.807) is 4.90 Å². The van der Waals surface area contributed by atoms with Crippen LogP contribution >= 0.6 is 0 Å². The number of alkyl halides is 6. The highest BCUT2D eigenvalue weighted by Gasteiger charge is 2.63. The maximum atomic E-state index is 15.8. The number of likely N-dealkylation sites (tertiary alicyclic amines) is 1. The summed E-state index contributed by atoms with van der Waals surface area (Å²) >= 11 is 0. The van der Waals surface area contributed by atoms with Crippen molar-refractivity contribution in [3.05, 3.63) is 76.4 Å². The van der Waals surface area contributed by atoms with Gasteiger partial charge in [0.05, 0.1) is 25.3 Å². The minimum absolute atomic E-state index is 0.0825. The highest BCUT2D eigenvalue weighted by atomic mass is 19.4. The normalized spacial score (nSPS) is 19.7. The van der Waals surface area contributed by atoms with Crippen LogP contribution in [0.25, 0.3) is 0 Å². The Morgan fingerprint density at radius 1 is 1.10 bits per heavy atom. The summed E-state index contributed by atoms with van der Waals surface area (Å²) in [6.07, 6.45) is -4.57. The topological polar surface area (TPSA) is 63.5 Å². The maximum absolute atomic E-state index is 15.8. The van der Waals surface area contributed by atoms with E-state index in [0.717, 1.165) is 21.9 Å². The summed E-state index contributed by atoms with van der Waals surface area (Å²) in [6.45, 7) is -0.679. The molecule has 0 unspecified atom stereocenters. The van der Waals surface area contributed by atoms with Crippen molar-refractivity contribution in [2.75, 3.05) is 31.2 Å². The average molecular weight is 551 g/mol. The molecule has 0 atom stereocenters. The third-order valence-electron chi connectivity index (χ3n) is 7.73. The second-order valence-corrected chi connectivity index (χ2v) is 10.3. The number of anilines is 1. The number of rotatable bonds is 6. The van der Waals surface area contributed by atoms with Crippen molar-refractivity contribution in [3.8, 4) is 0 Å². The van der Waals surface area contributed by atoms with E-state index < -0.39 is 41.0 Å². The zero-order chi connectivity index (χ0) is 27.7. The second kappa shape index (κ2) is 8.78. The Bertz CT molecular complexity index is 1440. The van der Waals surface area contributed by atoms with Crippen LogP contribution in [0, 0.1) is 0 Å². The standard InChI is InChI=1S/C26H23F6N5O2/c1-35-14-33-34-23(35)25(28,29)24(12-39-13-24)16-3-2-4-18(7-16)37-11-20-19(22(37)38)5-15(6-21(20)26(30,31)32)8-36-9-17(27)10-36/h2-7,14,17H,8-13H2,1H3. The molecule has 2 fully saturated rings. The highest BCUT2D eigenvalue weighted by molar-refractivity contribution is 6.10. The maximum Gasteiger partial charge on any atom is 0.416 e. The van der Waals surface area contributed by atoms with Gasteiger partial charge >= 0.3 is 12.1 Å². The van der Waals surface area contributed by atoms with E-state index in [1.165, 1.54) is 37.4 Å². The second-order valence-electron chi connectivity index (χ2n) is 10.3. The molecule has 0 bridgehead atoms. The first-order valence-corrected chi connectivity index (χ1v) is 12.2. The Morgan fingerprint density at radius 3 is 2.44 bits per heavy atom. The van der Waals surface area contributed by atoms with Crippen LogP contribution in [0.3, 0.4) is 0 Å². The van der Waals surface area contributed by atoms with Gasteiger partial charge in [0, 0.05) is 37.9 Å². The zero-order valence-corrected chi connectivity index (χ0v) is 20.7. The van der Waals surface area contributed by atoms with Crippen molar-refractivity contribution in [1.29, 1.82) is 0 Å². The van der Waals surface area contributed by atoms with Crippen LogP contribution in [-0.4, -0.2) is 58.0 Å². The Kier molecular flexibility index (Phi) is 5.81. The lowest BCUT2D eigenvalue weighted by atomic mass is 9.72. The summed E-state index contributed by atoms with van der Waals surface area (Å²) in [5.41, 5.74) is -2.41. The third kappa shape index (κ3) is 4.01. The first kappa shape index (κ1) is 25.8. The molecule has 0 aliphatic carbocycles. The molecule has 0 spiro atoms. The van der Waals surface area contributed by atoms with Crippen LogP contribution in [0.5, 0.6) is 0 Å². The van der Waals surface area contributed by atoms with E-state index in [0.29, 0.717) is 0 Å². The molecule has 2 saturated heterocycles. The van der Waals surface area contributed by atoms with E-state index >= 15 is 8.78 Å². The van der Waals surface area contributed by atoms with E-state index in [1.807, 2.05) is 0 Å². The van der Waals surface area contributed by atoms with Gasteiger partial charge in [-0.15, -0.1) is 10.2 Å². The summed E-state index contributed by atoms with van der Waals surface area (Å²) in [6, 6.07) is 8.27. The Morgan fingerprint density at radius 2 is 1.85 bits per heavy atom. The predicted molar refractivity (Wildman–Crippen MR) is 126 cm³/mol. The smallest absolute Gasteiger partial charge is 0.379 e. The summed E-state index contributed by atoms with van der Waals surface area (Å²) in [5.74, 6) is -4.70. The van der Waals surface area contributed by atoms with Gasteiger partial charge in [-0.25, -0.2) is 4.39 Å². The molecule has 4 heterocycles. The number of hydrogen-bond acceptors (Lipinski definition) is 5. The van der Waals surface area contributed by atoms with Crippen LogP contribution < -0.4 is 4.90 Å². The molecule has 3 aromatic rings. The molecule has 3 aliphatic heterocycles. The molecule has 1 amide bonds. The van der Waals surface area contributed by atoms with Crippen LogP contribution in [0.15, 0.2) is 42.7 Å². The zero-order valence-electron chi connectivity index (χ0n) is 20.7. The van der Waals surface area contributed by atoms with Crippen LogP contribution in [0.1, 0.15) is 38.4 Å². The van der Waals surface area contributed by atoms with Gasteiger partial charge in [0.1, 0.15) is 17.9 Å². The van der Waals surface area contributed by atoms with E-state index in [4.69, 9.17) is 4.74 Å². The molecule has 0 saturated carbocycles. The van der Waals surface area contributed by atoms with Crippen LogP contribution in [0.2, 0.25) is 0 Å². The van der Waals surface area contributed by atoms with Gasteiger partial charge < -0.3 is 14.2 Å². The van der Waals surface area contributed by atoms with Gasteiger partial charge in [0.2, 0.25) is 5.82 Å².